The largest absolute Gasteiger partial charge is 0.493 e. The van der Waals surface area contributed by atoms with Gasteiger partial charge in [0.2, 0.25) is 5.75 Å². The first-order valence-electron chi connectivity index (χ1n) is 5.89. The Labute approximate surface area is 107 Å². The minimum atomic E-state index is 0.203. The zero-order valence-corrected chi connectivity index (χ0v) is 11.3. The number of fused-ring (bicyclic) bond motifs is 1. The van der Waals surface area contributed by atoms with Crippen molar-refractivity contribution in [2.24, 2.45) is 5.73 Å². The molecule has 2 N–H and O–H groups in total. The molecule has 1 aromatic rings. The summed E-state index contributed by atoms with van der Waals surface area (Å²) in [6, 6.07) is 2.20. The molecule has 0 saturated carbocycles. The van der Waals surface area contributed by atoms with Gasteiger partial charge in [0.15, 0.2) is 11.5 Å². The van der Waals surface area contributed by atoms with Crippen LogP contribution >= 0.6 is 0 Å². The van der Waals surface area contributed by atoms with E-state index in [0.29, 0.717) is 18.0 Å². The van der Waals surface area contributed by atoms with Crippen molar-refractivity contribution in [3.8, 4) is 17.2 Å². The molecule has 1 aliphatic rings. The first-order chi connectivity index (χ1) is 8.67. The zero-order chi connectivity index (χ0) is 13.3. The molecule has 0 saturated heterocycles. The van der Waals surface area contributed by atoms with Gasteiger partial charge in [0.05, 0.1) is 21.3 Å². The van der Waals surface area contributed by atoms with E-state index >= 15 is 0 Å². The molecule has 0 bridgehead atoms. The van der Waals surface area contributed by atoms with Crippen LogP contribution in [0.25, 0.3) is 0 Å². The van der Waals surface area contributed by atoms with Crippen LogP contribution in [-0.4, -0.2) is 39.8 Å². The van der Waals surface area contributed by atoms with Gasteiger partial charge in [-0.15, -0.1) is 0 Å². The van der Waals surface area contributed by atoms with Crippen LogP contribution in [0.3, 0.4) is 0 Å². The third kappa shape index (κ3) is 1.79. The van der Waals surface area contributed by atoms with Crippen LogP contribution in [-0.2, 0) is 6.54 Å². The normalized spacial score (nSPS) is 18.6. The van der Waals surface area contributed by atoms with Crippen LogP contribution in [0.2, 0.25) is 0 Å². The van der Waals surface area contributed by atoms with E-state index in [0.717, 1.165) is 23.4 Å². The lowest BCUT2D eigenvalue weighted by Crippen LogP contribution is -2.23. The monoisotopic (exact) mass is 252 g/mol. The Hall–Kier alpha value is -1.46. The summed E-state index contributed by atoms with van der Waals surface area (Å²) in [5.41, 5.74) is 8.13. The van der Waals surface area contributed by atoms with Crippen molar-refractivity contribution in [1.82, 2.24) is 4.90 Å². The van der Waals surface area contributed by atoms with Crippen LogP contribution in [0, 0.1) is 0 Å². The summed E-state index contributed by atoms with van der Waals surface area (Å²) in [6.45, 7) is 1.38. The Morgan fingerprint density at radius 3 is 2.39 bits per heavy atom. The predicted molar refractivity (Wildman–Crippen MR) is 69.4 cm³/mol. The number of nitrogens with two attached hydrogens (primary N) is 1. The summed E-state index contributed by atoms with van der Waals surface area (Å²) < 4.78 is 16.2. The Kier molecular flexibility index (Phi) is 3.63. The van der Waals surface area contributed by atoms with Gasteiger partial charge in [-0.05, 0) is 18.7 Å². The number of benzene rings is 1. The second-order valence-electron chi connectivity index (χ2n) is 4.38. The average molecular weight is 252 g/mol. The second-order valence-corrected chi connectivity index (χ2v) is 4.38. The SMILES string of the molecule is COc1cc2c(c(OC)c1OC)CN(C)C2CN. The maximum atomic E-state index is 5.84. The van der Waals surface area contributed by atoms with Crippen molar-refractivity contribution in [3.63, 3.8) is 0 Å². The number of hydrogen-bond acceptors (Lipinski definition) is 5. The molecule has 5 nitrogen and oxygen atoms in total. The van der Waals surface area contributed by atoms with E-state index in [9.17, 15) is 0 Å². The summed E-state index contributed by atoms with van der Waals surface area (Å²) in [6.07, 6.45) is 0. The van der Waals surface area contributed by atoms with E-state index in [1.54, 1.807) is 21.3 Å². The summed E-state index contributed by atoms with van der Waals surface area (Å²) in [5.74, 6) is 2.07. The van der Waals surface area contributed by atoms with Gasteiger partial charge in [-0.2, -0.15) is 0 Å². The molecule has 0 fully saturated rings. The third-order valence-corrected chi connectivity index (χ3v) is 3.49. The van der Waals surface area contributed by atoms with Gasteiger partial charge in [-0.3, -0.25) is 4.90 Å². The van der Waals surface area contributed by atoms with Gasteiger partial charge in [0, 0.05) is 24.7 Å². The van der Waals surface area contributed by atoms with Gasteiger partial charge >= 0.3 is 0 Å². The van der Waals surface area contributed by atoms with Crippen LogP contribution in [0.5, 0.6) is 17.2 Å². The van der Waals surface area contributed by atoms with Gasteiger partial charge in [-0.25, -0.2) is 0 Å². The number of rotatable bonds is 4. The fourth-order valence-corrected chi connectivity index (χ4v) is 2.60. The molecule has 0 radical (unpaired) electrons. The van der Waals surface area contributed by atoms with Gasteiger partial charge < -0.3 is 19.9 Å². The van der Waals surface area contributed by atoms with E-state index in [1.807, 2.05) is 6.07 Å². The minimum absolute atomic E-state index is 0.203. The molecule has 18 heavy (non-hydrogen) atoms. The lowest BCUT2D eigenvalue weighted by Gasteiger charge is -2.18. The molecule has 100 valence electrons. The van der Waals surface area contributed by atoms with Crippen molar-refractivity contribution in [2.75, 3.05) is 34.9 Å². The Balaban J connectivity index is 2.63. The van der Waals surface area contributed by atoms with Crippen molar-refractivity contribution < 1.29 is 14.2 Å². The molecular formula is C13H20N2O3. The lowest BCUT2D eigenvalue weighted by atomic mass is 10.0. The highest BCUT2D eigenvalue weighted by atomic mass is 16.5. The number of methoxy groups -OCH3 is 3. The van der Waals surface area contributed by atoms with Crippen molar-refractivity contribution in [1.29, 1.82) is 0 Å². The van der Waals surface area contributed by atoms with Crippen molar-refractivity contribution in [3.05, 3.63) is 17.2 Å². The Bertz CT molecular complexity index is 448. The molecule has 1 unspecified atom stereocenters. The van der Waals surface area contributed by atoms with Crippen molar-refractivity contribution in [2.45, 2.75) is 12.6 Å². The van der Waals surface area contributed by atoms with Gasteiger partial charge in [0.1, 0.15) is 0 Å². The van der Waals surface area contributed by atoms with Crippen LogP contribution < -0.4 is 19.9 Å². The Morgan fingerprint density at radius 1 is 1.22 bits per heavy atom. The fraction of sp³-hybridized carbons (Fsp3) is 0.538. The molecule has 0 aromatic heterocycles. The molecule has 0 amide bonds. The number of ether oxygens (including phenoxy) is 3. The minimum Gasteiger partial charge on any atom is -0.493 e. The maximum Gasteiger partial charge on any atom is 0.203 e. The standard InChI is InChI=1S/C13H20N2O3/c1-15-7-9-8(10(15)6-14)5-11(16-2)13(18-4)12(9)17-3/h5,10H,6-7,14H2,1-4H3. The molecular weight excluding hydrogens is 232 g/mol. The fourth-order valence-electron chi connectivity index (χ4n) is 2.60. The molecule has 1 aromatic carbocycles. The van der Waals surface area contributed by atoms with Gasteiger partial charge in [0.25, 0.3) is 0 Å². The quantitative estimate of drug-likeness (QED) is 0.871. The number of likely N-dealkylation sites (N-methyl/N-ethyl adjacent to an activating group) is 1. The van der Waals surface area contributed by atoms with Crippen LogP contribution in [0.4, 0.5) is 0 Å². The lowest BCUT2D eigenvalue weighted by molar-refractivity contribution is 0.272. The molecule has 1 aliphatic heterocycles. The molecule has 2 rings (SSSR count). The highest BCUT2D eigenvalue weighted by Gasteiger charge is 2.32. The number of hydrogen-bond donors (Lipinski definition) is 1. The van der Waals surface area contributed by atoms with Crippen LogP contribution in [0.1, 0.15) is 17.2 Å². The predicted octanol–water partition coefficient (Wildman–Crippen LogP) is 1.16. The third-order valence-electron chi connectivity index (χ3n) is 3.49. The van der Waals surface area contributed by atoms with E-state index in [-0.39, 0.29) is 6.04 Å². The molecule has 1 atom stereocenters. The van der Waals surface area contributed by atoms with E-state index in [2.05, 4.69) is 11.9 Å². The molecule has 0 spiro atoms. The van der Waals surface area contributed by atoms with E-state index < -0.39 is 0 Å². The number of nitrogens with zero attached hydrogens (tertiary/aromatic N) is 1. The first kappa shape index (κ1) is 13.0. The van der Waals surface area contributed by atoms with Crippen molar-refractivity contribution >= 4 is 0 Å². The molecule has 5 heteroatoms. The Morgan fingerprint density at radius 2 is 1.89 bits per heavy atom. The second kappa shape index (κ2) is 5.04. The molecule has 0 aliphatic carbocycles. The average Bonchev–Trinajstić information content (AvgIpc) is 2.71. The van der Waals surface area contributed by atoms with E-state index in [1.165, 1.54) is 0 Å². The zero-order valence-electron chi connectivity index (χ0n) is 11.3. The first-order valence-corrected chi connectivity index (χ1v) is 5.89. The summed E-state index contributed by atoms with van der Waals surface area (Å²) in [4.78, 5) is 2.20. The highest BCUT2D eigenvalue weighted by molar-refractivity contribution is 5.61. The smallest absolute Gasteiger partial charge is 0.203 e. The maximum absolute atomic E-state index is 5.84. The summed E-state index contributed by atoms with van der Waals surface area (Å²) in [7, 11) is 6.94. The summed E-state index contributed by atoms with van der Waals surface area (Å²) in [5, 5.41) is 0. The van der Waals surface area contributed by atoms with Crippen LogP contribution in [0.15, 0.2) is 6.07 Å². The topological polar surface area (TPSA) is 57.0 Å². The highest BCUT2D eigenvalue weighted by Crippen LogP contribution is 2.47. The van der Waals surface area contributed by atoms with Gasteiger partial charge in [-0.1, -0.05) is 0 Å². The van der Waals surface area contributed by atoms with E-state index in [4.69, 9.17) is 19.9 Å². The summed E-state index contributed by atoms with van der Waals surface area (Å²) >= 11 is 0. The molecule has 1 heterocycles.